The molecule has 96 valence electrons. The molecule has 6 heteroatoms. The Morgan fingerprint density at radius 2 is 2.24 bits per heavy atom. The summed E-state index contributed by atoms with van der Waals surface area (Å²) in [4.78, 5) is 14.7. The molecular weight excluding hydrogens is 240 g/mol. The fraction of sp³-hybridized carbons (Fsp3) is 0.455. The van der Waals surface area contributed by atoms with E-state index in [4.69, 9.17) is 10.8 Å². The summed E-state index contributed by atoms with van der Waals surface area (Å²) in [6, 6.07) is 0. The van der Waals surface area contributed by atoms with E-state index in [1.165, 1.54) is 11.3 Å². The maximum absolute atomic E-state index is 10.8. The molecule has 1 rings (SSSR count). The van der Waals surface area contributed by atoms with E-state index in [0.717, 1.165) is 6.61 Å². The third-order valence-corrected chi connectivity index (χ3v) is 2.40. The third kappa shape index (κ3) is 6.03. The minimum Gasteiger partial charge on any atom is -0.478 e. The maximum Gasteiger partial charge on any atom is 0.337 e. The first kappa shape index (κ1) is 15.6. The Morgan fingerprint density at radius 3 is 2.53 bits per heavy atom. The molecule has 0 atom stereocenters. The molecule has 3 N–H and O–H groups in total. The lowest BCUT2D eigenvalue weighted by atomic mass is 10.2. The second kappa shape index (κ2) is 8.72. The molecule has 1 aromatic heterocycles. The Balaban J connectivity index is 0.000000557. The topological polar surface area (TPSA) is 85.4 Å². The number of nitrogen functional groups attached to an aromatic ring is 1. The van der Waals surface area contributed by atoms with Crippen molar-refractivity contribution in [2.45, 2.75) is 20.3 Å². The highest BCUT2D eigenvalue weighted by atomic mass is 32.1. The van der Waals surface area contributed by atoms with Crippen molar-refractivity contribution in [1.82, 2.24) is 4.98 Å². The van der Waals surface area contributed by atoms with Crippen molar-refractivity contribution in [3.63, 3.8) is 0 Å². The van der Waals surface area contributed by atoms with Gasteiger partial charge in [0.15, 0.2) is 5.13 Å². The van der Waals surface area contributed by atoms with E-state index < -0.39 is 5.97 Å². The number of nitrogens with two attached hydrogens (primary N) is 1. The minimum absolute atomic E-state index is 0.218. The molecule has 0 spiro atoms. The van der Waals surface area contributed by atoms with Gasteiger partial charge < -0.3 is 15.6 Å². The van der Waals surface area contributed by atoms with Crippen LogP contribution in [-0.4, -0.2) is 29.8 Å². The van der Waals surface area contributed by atoms with Gasteiger partial charge in [-0.05, 0) is 13.3 Å². The number of carbonyl (C=O) groups is 1. The van der Waals surface area contributed by atoms with Gasteiger partial charge in [-0.15, -0.1) is 11.3 Å². The fourth-order valence-corrected chi connectivity index (χ4v) is 1.48. The SMILES string of the molecule is CC/C=C(/C(=O)O)c1csc(N)n1.CCOC. The number of hydrogen-bond acceptors (Lipinski definition) is 5. The molecule has 17 heavy (non-hydrogen) atoms. The van der Waals surface area contributed by atoms with Crippen LogP contribution in [0.2, 0.25) is 0 Å². The van der Waals surface area contributed by atoms with Gasteiger partial charge in [-0.2, -0.15) is 0 Å². The second-order valence-electron chi connectivity index (χ2n) is 2.98. The summed E-state index contributed by atoms with van der Waals surface area (Å²) >= 11 is 1.24. The monoisotopic (exact) mass is 258 g/mol. The van der Waals surface area contributed by atoms with Crippen molar-refractivity contribution >= 4 is 28.0 Å². The van der Waals surface area contributed by atoms with Gasteiger partial charge >= 0.3 is 5.97 Å². The van der Waals surface area contributed by atoms with E-state index in [9.17, 15) is 4.79 Å². The average Bonchev–Trinajstić information content (AvgIpc) is 2.72. The predicted octanol–water partition coefficient (Wildman–Crippen LogP) is 2.26. The van der Waals surface area contributed by atoms with Crippen molar-refractivity contribution in [3.05, 3.63) is 17.2 Å². The number of ether oxygens (including phenoxy) is 1. The highest BCUT2D eigenvalue weighted by molar-refractivity contribution is 7.13. The number of carboxylic acids is 1. The zero-order chi connectivity index (χ0) is 13.3. The van der Waals surface area contributed by atoms with E-state index in [1.807, 2.05) is 13.8 Å². The summed E-state index contributed by atoms with van der Waals surface area (Å²) in [6.45, 7) is 4.65. The summed E-state index contributed by atoms with van der Waals surface area (Å²) in [5.41, 5.74) is 6.06. The molecule has 0 amide bonds. The first-order valence-electron chi connectivity index (χ1n) is 5.20. The van der Waals surface area contributed by atoms with E-state index in [2.05, 4.69) is 9.72 Å². The van der Waals surface area contributed by atoms with E-state index >= 15 is 0 Å². The Kier molecular flexibility index (Phi) is 8.00. The molecule has 0 aliphatic heterocycles. The predicted molar refractivity (Wildman–Crippen MR) is 70.0 cm³/mol. The standard InChI is InChI=1S/C8H10N2O2S.C3H8O/c1-2-3-5(7(11)12)6-4-13-8(9)10-6;1-3-4-2/h3-4H,2H2,1H3,(H2,9,10)(H,11,12);3H2,1-2H3/b5-3+;. The van der Waals surface area contributed by atoms with Crippen molar-refractivity contribution in [2.24, 2.45) is 0 Å². The normalized spacial score (nSPS) is 10.6. The molecule has 0 unspecified atom stereocenters. The van der Waals surface area contributed by atoms with Gasteiger partial charge in [0.2, 0.25) is 0 Å². The summed E-state index contributed by atoms with van der Waals surface area (Å²) in [5, 5.41) is 10.9. The largest absolute Gasteiger partial charge is 0.478 e. The smallest absolute Gasteiger partial charge is 0.337 e. The van der Waals surface area contributed by atoms with Crippen LogP contribution < -0.4 is 5.73 Å². The van der Waals surface area contributed by atoms with Crippen LogP contribution in [0.25, 0.3) is 5.57 Å². The van der Waals surface area contributed by atoms with Crippen LogP contribution in [0.1, 0.15) is 26.0 Å². The van der Waals surface area contributed by atoms with Crippen molar-refractivity contribution < 1.29 is 14.6 Å². The highest BCUT2D eigenvalue weighted by Crippen LogP contribution is 2.19. The van der Waals surface area contributed by atoms with E-state index in [0.29, 0.717) is 17.2 Å². The lowest BCUT2D eigenvalue weighted by Crippen LogP contribution is -2.00. The van der Waals surface area contributed by atoms with Gasteiger partial charge in [-0.1, -0.05) is 13.0 Å². The molecule has 0 saturated carbocycles. The van der Waals surface area contributed by atoms with Crippen molar-refractivity contribution in [2.75, 3.05) is 19.5 Å². The van der Waals surface area contributed by atoms with Crippen LogP contribution in [-0.2, 0) is 9.53 Å². The van der Waals surface area contributed by atoms with Gasteiger partial charge in [0.25, 0.3) is 0 Å². The summed E-state index contributed by atoms with van der Waals surface area (Å²) < 4.78 is 4.54. The first-order chi connectivity index (χ1) is 8.06. The zero-order valence-corrected chi connectivity index (χ0v) is 11.1. The van der Waals surface area contributed by atoms with Crippen LogP contribution >= 0.6 is 11.3 Å². The molecule has 1 heterocycles. The molecule has 0 aliphatic rings. The Labute approximate surface area is 105 Å². The molecule has 0 bridgehead atoms. The van der Waals surface area contributed by atoms with Crippen molar-refractivity contribution in [3.8, 4) is 0 Å². The number of anilines is 1. The molecule has 0 aromatic carbocycles. The Hall–Kier alpha value is -1.40. The Bertz CT molecular complexity index is 373. The van der Waals surface area contributed by atoms with Crippen LogP contribution in [0.15, 0.2) is 11.5 Å². The first-order valence-corrected chi connectivity index (χ1v) is 6.08. The second-order valence-corrected chi connectivity index (χ2v) is 3.87. The molecule has 0 fully saturated rings. The van der Waals surface area contributed by atoms with E-state index in [1.54, 1.807) is 18.6 Å². The summed E-state index contributed by atoms with van der Waals surface area (Å²) in [5.74, 6) is -0.966. The molecule has 5 nitrogen and oxygen atoms in total. The van der Waals surface area contributed by atoms with Gasteiger partial charge in [0.1, 0.15) is 0 Å². The van der Waals surface area contributed by atoms with Crippen LogP contribution in [0, 0.1) is 0 Å². The number of hydrogen-bond donors (Lipinski definition) is 2. The van der Waals surface area contributed by atoms with Crippen molar-refractivity contribution in [1.29, 1.82) is 0 Å². The van der Waals surface area contributed by atoms with Gasteiger partial charge in [-0.25, -0.2) is 9.78 Å². The molecular formula is C11H18N2O3S. The van der Waals surface area contributed by atoms with Gasteiger partial charge in [0, 0.05) is 19.1 Å². The van der Waals surface area contributed by atoms with Crippen LogP contribution in [0.5, 0.6) is 0 Å². The Morgan fingerprint density at radius 1 is 1.65 bits per heavy atom. The number of thiazole rings is 1. The lowest BCUT2D eigenvalue weighted by Gasteiger charge is -1.95. The summed E-state index contributed by atoms with van der Waals surface area (Å²) in [6.07, 6.45) is 2.29. The summed E-state index contributed by atoms with van der Waals surface area (Å²) in [7, 11) is 1.68. The average molecular weight is 258 g/mol. The van der Waals surface area contributed by atoms with Crippen LogP contribution in [0.3, 0.4) is 0 Å². The highest BCUT2D eigenvalue weighted by Gasteiger charge is 2.12. The molecule has 1 aromatic rings. The number of aromatic nitrogens is 1. The third-order valence-electron chi connectivity index (χ3n) is 1.73. The number of allylic oxidation sites excluding steroid dienone is 1. The molecule has 0 aliphatic carbocycles. The zero-order valence-electron chi connectivity index (χ0n) is 10.3. The van der Waals surface area contributed by atoms with Gasteiger partial charge in [0.05, 0.1) is 11.3 Å². The van der Waals surface area contributed by atoms with Crippen LogP contribution in [0.4, 0.5) is 5.13 Å². The maximum atomic E-state index is 10.8. The minimum atomic E-state index is -0.966. The molecule has 0 radical (unpaired) electrons. The quantitative estimate of drug-likeness (QED) is 0.809. The lowest BCUT2D eigenvalue weighted by molar-refractivity contribution is -0.130. The number of aliphatic carboxylic acids is 1. The number of carboxylic acid groups (broad SMARTS) is 1. The number of nitrogens with zero attached hydrogens (tertiary/aromatic N) is 1. The number of methoxy groups -OCH3 is 1. The molecule has 0 saturated heterocycles. The van der Waals surface area contributed by atoms with E-state index in [-0.39, 0.29) is 5.57 Å². The van der Waals surface area contributed by atoms with Gasteiger partial charge in [-0.3, -0.25) is 0 Å². The number of rotatable bonds is 4. The fourth-order valence-electron chi connectivity index (χ4n) is 0.917.